The second-order valence-electron chi connectivity index (χ2n) is 9.99. The van der Waals surface area contributed by atoms with Gasteiger partial charge >= 0.3 is 0 Å². The molecule has 6 nitrogen and oxygen atoms in total. The molecular formula is C25H32FN3O3. The van der Waals surface area contributed by atoms with Gasteiger partial charge in [0.05, 0.1) is 25.9 Å². The minimum absolute atomic E-state index is 0.0469. The summed E-state index contributed by atoms with van der Waals surface area (Å²) in [6.07, 6.45) is 8.65. The number of rotatable bonds is 4. The molecule has 1 spiro atoms. The molecule has 1 aromatic heterocycles. The van der Waals surface area contributed by atoms with Gasteiger partial charge in [0.2, 0.25) is 0 Å². The van der Waals surface area contributed by atoms with Gasteiger partial charge in [0.1, 0.15) is 17.7 Å². The van der Waals surface area contributed by atoms with Crippen molar-refractivity contribution in [1.29, 1.82) is 0 Å². The van der Waals surface area contributed by atoms with E-state index in [4.69, 9.17) is 13.9 Å². The van der Waals surface area contributed by atoms with Crippen molar-refractivity contribution < 1.29 is 18.3 Å². The number of piperidine rings is 1. The summed E-state index contributed by atoms with van der Waals surface area (Å²) in [5.74, 6) is 0.843. The topological polar surface area (TPSA) is 51.0 Å². The fourth-order valence-corrected chi connectivity index (χ4v) is 6.29. The summed E-state index contributed by atoms with van der Waals surface area (Å²) < 4.78 is 31.4. The predicted molar refractivity (Wildman–Crippen MR) is 119 cm³/mol. The standard InChI is InChI=1S/C25H32FN3O3/c26-20-1-2-22(19-5-10-30-11-6-19)23(13-20)18-3-8-28(9-4-18)21-14-25(32-15-21)16-29(17-25)24-27-7-12-31-24/h1-2,7,12-13,18-19,21H,3-6,8-11,14-17H2. The second kappa shape index (κ2) is 8.43. The Morgan fingerprint density at radius 2 is 1.78 bits per heavy atom. The summed E-state index contributed by atoms with van der Waals surface area (Å²) in [5, 5.41) is 0. The lowest BCUT2D eigenvalue weighted by Gasteiger charge is -2.46. The number of hydrogen-bond donors (Lipinski definition) is 0. The highest BCUT2D eigenvalue weighted by Gasteiger charge is 2.52. The number of oxazole rings is 1. The molecule has 0 amide bonds. The van der Waals surface area contributed by atoms with Crippen molar-refractivity contribution >= 4 is 6.01 Å². The maximum atomic E-state index is 14.2. The maximum absolute atomic E-state index is 14.2. The molecule has 6 rings (SSSR count). The molecule has 32 heavy (non-hydrogen) atoms. The zero-order valence-corrected chi connectivity index (χ0v) is 18.5. The average molecular weight is 442 g/mol. The Labute approximate surface area is 188 Å². The molecule has 7 heteroatoms. The Balaban J connectivity index is 1.07. The average Bonchev–Trinajstić information content (AvgIpc) is 3.49. The third-order valence-corrected chi connectivity index (χ3v) is 8.03. The van der Waals surface area contributed by atoms with Crippen LogP contribution in [0.3, 0.4) is 0 Å². The van der Waals surface area contributed by atoms with E-state index in [9.17, 15) is 4.39 Å². The summed E-state index contributed by atoms with van der Waals surface area (Å²) in [5.41, 5.74) is 2.56. The molecule has 0 bridgehead atoms. The van der Waals surface area contributed by atoms with Crippen LogP contribution in [-0.2, 0) is 9.47 Å². The van der Waals surface area contributed by atoms with Gasteiger partial charge in [0.25, 0.3) is 6.01 Å². The lowest BCUT2D eigenvalue weighted by Crippen LogP contribution is -2.62. The number of ether oxygens (including phenoxy) is 2. The minimum atomic E-state index is -0.107. The van der Waals surface area contributed by atoms with Crippen molar-refractivity contribution in [3.05, 3.63) is 47.6 Å². The predicted octanol–water partition coefficient (Wildman–Crippen LogP) is 3.94. The van der Waals surface area contributed by atoms with Gasteiger partial charge in [-0.15, -0.1) is 0 Å². The Kier molecular flexibility index (Phi) is 5.44. The fraction of sp³-hybridized carbons (Fsp3) is 0.640. The van der Waals surface area contributed by atoms with E-state index in [1.54, 1.807) is 18.5 Å². The molecule has 4 aliphatic rings. The Morgan fingerprint density at radius 3 is 2.53 bits per heavy atom. The van der Waals surface area contributed by atoms with Gasteiger partial charge in [-0.3, -0.25) is 4.90 Å². The van der Waals surface area contributed by atoms with E-state index in [-0.39, 0.29) is 11.4 Å². The van der Waals surface area contributed by atoms with E-state index in [0.717, 1.165) is 78.1 Å². The van der Waals surface area contributed by atoms with Crippen molar-refractivity contribution in [2.45, 2.75) is 55.6 Å². The summed E-state index contributed by atoms with van der Waals surface area (Å²) in [6.45, 7) is 6.27. The first-order valence-corrected chi connectivity index (χ1v) is 12.1. The van der Waals surface area contributed by atoms with E-state index in [2.05, 4.69) is 14.8 Å². The van der Waals surface area contributed by atoms with Crippen molar-refractivity contribution in [2.24, 2.45) is 0 Å². The van der Waals surface area contributed by atoms with E-state index in [1.807, 2.05) is 12.1 Å². The van der Waals surface area contributed by atoms with Gasteiger partial charge in [-0.05, 0) is 80.3 Å². The van der Waals surface area contributed by atoms with Crippen LogP contribution in [0, 0.1) is 5.82 Å². The van der Waals surface area contributed by atoms with Crippen LogP contribution in [0.4, 0.5) is 10.4 Å². The number of likely N-dealkylation sites (tertiary alicyclic amines) is 1. The third kappa shape index (κ3) is 3.84. The smallest absolute Gasteiger partial charge is 0.297 e. The van der Waals surface area contributed by atoms with Crippen LogP contribution < -0.4 is 4.90 Å². The summed E-state index contributed by atoms with van der Waals surface area (Å²) in [4.78, 5) is 9.00. The van der Waals surface area contributed by atoms with Gasteiger partial charge in [0, 0.05) is 19.3 Å². The largest absolute Gasteiger partial charge is 0.432 e. The highest BCUT2D eigenvalue weighted by Crippen LogP contribution is 2.41. The van der Waals surface area contributed by atoms with Crippen molar-refractivity contribution in [3.63, 3.8) is 0 Å². The second-order valence-corrected chi connectivity index (χ2v) is 9.99. The van der Waals surface area contributed by atoms with Gasteiger partial charge in [-0.2, -0.15) is 0 Å². The molecule has 1 unspecified atom stereocenters. The molecule has 0 N–H and O–H groups in total. The molecule has 4 saturated heterocycles. The fourth-order valence-electron chi connectivity index (χ4n) is 6.29. The molecule has 1 atom stereocenters. The van der Waals surface area contributed by atoms with Crippen molar-refractivity contribution in [1.82, 2.24) is 9.88 Å². The van der Waals surface area contributed by atoms with Gasteiger partial charge < -0.3 is 18.8 Å². The Hall–Kier alpha value is -1.96. The Bertz CT molecular complexity index is 917. The normalized spacial score (nSPS) is 27.2. The number of benzene rings is 1. The molecular weight excluding hydrogens is 409 g/mol. The van der Waals surface area contributed by atoms with Crippen molar-refractivity contribution in [3.8, 4) is 0 Å². The SMILES string of the molecule is Fc1ccc(C2CCOCC2)c(C2CCN(C3COC4(C3)CN(c3ncco3)C4)CC2)c1. The Morgan fingerprint density at radius 1 is 1.00 bits per heavy atom. The highest BCUT2D eigenvalue weighted by atomic mass is 19.1. The summed E-state index contributed by atoms with van der Waals surface area (Å²) >= 11 is 0. The van der Waals surface area contributed by atoms with E-state index in [0.29, 0.717) is 23.9 Å². The molecule has 1 aromatic carbocycles. The zero-order valence-electron chi connectivity index (χ0n) is 18.5. The quantitative estimate of drug-likeness (QED) is 0.717. The lowest BCUT2D eigenvalue weighted by molar-refractivity contribution is -0.0215. The lowest BCUT2D eigenvalue weighted by atomic mass is 9.80. The molecule has 0 aliphatic carbocycles. The molecule has 172 valence electrons. The number of hydrogen-bond acceptors (Lipinski definition) is 6. The number of anilines is 1. The maximum Gasteiger partial charge on any atom is 0.297 e. The van der Waals surface area contributed by atoms with Crippen LogP contribution in [0.5, 0.6) is 0 Å². The molecule has 2 aromatic rings. The first-order valence-electron chi connectivity index (χ1n) is 12.1. The molecule has 5 heterocycles. The number of nitrogens with zero attached hydrogens (tertiary/aromatic N) is 3. The van der Waals surface area contributed by atoms with E-state index >= 15 is 0 Å². The molecule has 4 fully saturated rings. The van der Waals surface area contributed by atoms with Gasteiger partial charge in [-0.25, -0.2) is 9.37 Å². The molecule has 4 aliphatic heterocycles. The van der Waals surface area contributed by atoms with Gasteiger partial charge in [-0.1, -0.05) is 6.07 Å². The van der Waals surface area contributed by atoms with Crippen LogP contribution in [0.2, 0.25) is 0 Å². The minimum Gasteiger partial charge on any atom is -0.432 e. The number of aromatic nitrogens is 1. The molecule has 0 radical (unpaired) electrons. The van der Waals surface area contributed by atoms with Crippen LogP contribution >= 0.6 is 0 Å². The summed E-state index contributed by atoms with van der Waals surface area (Å²) in [7, 11) is 0. The first kappa shape index (κ1) is 20.6. The van der Waals surface area contributed by atoms with Crippen LogP contribution in [-0.4, -0.2) is 67.5 Å². The summed E-state index contributed by atoms with van der Waals surface area (Å²) in [6, 6.07) is 6.66. The monoisotopic (exact) mass is 441 g/mol. The van der Waals surface area contributed by atoms with Crippen LogP contribution in [0.25, 0.3) is 0 Å². The van der Waals surface area contributed by atoms with Crippen molar-refractivity contribution in [2.75, 3.05) is 50.9 Å². The van der Waals surface area contributed by atoms with E-state index in [1.165, 1.54) is 11.1 Å². The third-order valence-electron chi connectivity index (χ3n) is 8.03. The first-order chi connectivity index (χ1) is 15.7. The van der Waals surface area contributed by atoms with E-state index < -0.39 is 0 Å². The number of halogens is 1. The highest BCUT2D eigenvalue weighted by molar-refractivity contribution is 5.36. The molecule has 0 saturated carbocycles. The zero-order chi connectivity index (χ0) is 21.5. The van der Waals surface area contributed by atoms with Gasteiger partial charge in [0.15, 0.2) is 0 Å². The van der Waals surface area contributed by atoms with Crippen LogP contribution in [0.1, 0.15) is 55.1 Å². The van der Waals surface area contributed by atoms with Crippen LogP contribution in [0.15, 0.2) is 35.1 Å².